The van der Waals surface area contributed by atoms with E-state index in [9.17, 15) is 4.79 Å². The van der Waals surface area contributed by atoms with Crippen molar-refractivity contribution in [2.45, 2.75) is 64.9 Å². The average Bonchev–Trinajstić information content (AvgIpc) is 2.76. The number of anilines is 1. The normalized spacial score (nSPS) is 15.5. The number of benzene rings is 2. The van der Waals surface area contributed by atoms with E-state index in [-0.39, 0.29) is 5.91 Å². The number of hydrogen-bond acceptors (Lipinski definition) is 3. The van der Waals surface area contributed by atoms with E-state index in [1.54, 1.807) is 6.92 Å². The van der Waals surface area contributed by atoms with E-state index >= 15 is 0 Å². The van der Waals surface area contributed by atoms with Crippen molar-refractivity contribution in [2.75, 3.05) is 11.9 Å². The fourth-order valence-corrected chi connectivity index (χ4v) is 3.76. The van der Waals surface area contributed by atoms with Crippen LogP contribution in [0.4, 0.5) is 5.69 Å². The molecule has 1 amide bonds. The summed E-state index contributed by atoms with van der Waals surface area (Å²) in [5.41, 5.74) is 1.99. The summed E-state index contributed by atoms with van der Waals surface area (Å²) in [6.45, 7) is 4.63. The molecule has 0 bridgehead atoms. The fraction of sp³-hybridized carbons (Fsp3) is 0.480. The lowest BCUT2D eigenvalue weighted by molar-refractivity contribution is -0.122. The lowest BCUT2D eigenvalue weighted by Crippen LogP contribution is -2.30. The Morgan fingerprint density at radius 3 is 2.31 bits per heavy atom. The molecule has 0 radical (unpaired) electrons. The van der Waals surface area contributed by atoms with Gasteiger partial charge in [0.15, 0.2) is 6.10 Å². The Labute approximate surface area is 174 Å². The van der Waals surface area contributed by atoms with Crippen LogP contribution in [0.1, 0.15) is 57.9 Å². The molecule has 1 N–H and O–H groups in total. The van der Waals surface area contributed by atoms with Crippen molar-refractivity contribution < 1.29 is 14.3 Å². The molecule has 1 fully saturated rings. The molecule has 3 rings (SSSR count). The molecule has 2 aromatic rings. The van der Waals surface area contributed by atoms with Crippen LogP contribution in [-0.2, 0) is 11.2 Å². The Hall–Kier alpha value is -2.49. The Kier molecular flexibility index (Phi) is 7.97. The molecule has 0 spiro atoms. The van der Waals surface area contributed by atoms with Crippen LogP contribution in [0.25, 0.3) is 0 Å². The average molecular weight is 396 g/mol. The first-order chi connectivity index (χ1) is 14.1. The number of ether oxygens (including phenoxy) is 2. The van der Waals surface area contributed by atoms with Gasteiger partial charge in [-0.25, -0.2) is 0 Å². The summed E-state index contributed by atoms with van der Waals surface area (Å²) in [5.74, 6) is 2.20. The highest BCUT2D eigenvalue weighted by atomic mass is 16.5. The molecule has 156 valence electrons. The minimum absolute atomic E-state index is 0.171. The zero-order chi connectivity index (χ0) is 20.5. The lowest BCUT2D eigenvalue weighted by Gasteiger charge is -2.21. The molecule has 29 heavy (non-hydrogen) atoms. The third-order valence-electron chi connectivity index (χ3n) is 5.66. The standard InChI is InChI=1S/C25H33NO3/c1-3-20-9-13-24(14-10-20)29-19(2)25(27)26-22-11-15-23(16-12-22)28-18-17-21-7-5-4-6-8-21/h9-16,19,21H,3-8,17-18H2,1-2H3,(H,26,27). The zero-order valence-electron chi connectivity index (χ0n) is 17.7. The van der Waals surface area contributed by atoms with Gasteiger partial charge in [-0.15, -0.1) is 0 Å². The van der Waals surface area contributed by atoms with Gasteiger partial charge in [0, 0.05) is 5.69 Å². The van der Waals surface area contributed by atoms with Gasteiger partial charge in [-0.2, -0.15) is 0 Å². The Balaban J connectivity index is 1.42. The molecule has 0 aliphatic heterocycles. The second-order valence-corrected chi connectivity index (χ2v) is 7.91. The maximum Gasteiger partial charge on any atom is 0.265 e. The van der Waals surface area contributed by atoms with Crippen molar-refractivity contribution in [3.05, 3.63) is 54.1 Å². The van der Waals surface area contributed by atoms with Gasteiger partial charge in [0.25, 0.3) is 5.91 Å². The molecule has 1 aliphatic rings. The van der Waals surface area contributed by atoms with Crippen LogP contribution in [0.2, 0.25) is 0 Å². The Morgan fingerprint density at radius 2 is 1.66 bits per heavy atom. The van der Waals surface area contributed by atoms with Gasteiger partial charge in [-0.05, 0) is 67.6 Å². The maximum atomic E-state index is 12.4. The highest BCUT2D eigenvalue weighted by Gasteiger charge is 2.15. The van der Waals surface area contributed by atoms with E-state index in [1.165, 1.54) is 37.7 Å². The number of amides is 1. The number of aryl methyl sites for hydroxylation is 1. The van der Waals surface area contributed by atoms with Crippen LogP contribution < -0.4 is 14.8 Å². The van der Waals surface area contributed by atoms with Crippen LogP contribution >= 0.6 is 0 Å². The van der Waals surface area contributed by atoms with Gasteiger partial charge in [0.1, 0.15) is 11.5 Å². The van der Waals surface area contributed by atoms with Crippen LogP contribution in [0.3, 0.4) is 0 Å². The smallest absolute Gasteiger partial charge is 0.265 e. The molecule has 0 aromatic heterocycles. The second-order valence-electron chi connectivity index (χ2n) is 7.91. The maximum absolute atomic E-state index is 12.4. The van der Waals surface area contributed by atoms with Gasteiger partial charge in [0.2, 0.25) is 0 Å². The molecule has 4 heteroatoms. The third kappa shape index (κ3) is 6.81. The van der Waals surface area contributed by atoms with Crippen LogP contribution in [0.15, 0.2) is 48.5 Å². The molecular formula is C25H33NO3. The number of nitrogens with one attached hydrogen (secondary N) is 1. The number of rotatable bonds is 9. The molecule has 1 saturated carbocycles. The van der Waals surface area contributed by atoms with Crippen molar-refractivity contribution in [1.29, 1.82) is 0 Å². The van der Waals surface area contributed by atoms with Gasteiger partial charge < -0.3 is 14.8 Å². The van der Waals surface area contributed by atoms with Gasteiger partial charge in [-0.3, -0.25) is 4.79 Å². The van der Waals surface area contributed by atoms with Crippen molar-refractivity contribution in [3.63, 3.8) is 0 Å². The quantitative estimate of drug-likeness (QED) is 0.566. The van der Waals surface area contributed by atoms with Gasteiger partial charge in [0.05, 0.1) is 6.61 Å². The van der Waals surface area contributed by atoms with Gasteiger partial charge in [-0.1, -0.05) is 51.2 Å². The molecule has 1 unspecified atom stereocenters. The first-order valence-electron chi connectivity index (χ1n) is 10.9. The van der Waals surface area contributed by atoms with Crippen molar-refractivity contribution in [2.24, 2.45) is 5.92 Å². The molecule has 2 aromatic carbocycles. The second kappa shape index (κ2) is 10.9. The van der Waals surface area contributed by atoms with E-state index in [0.717, 1.165) is 36.8 Å². The minimum Gasteiger partial charge on any atom is -0.494 e. The highest BCUT2D eigenvalue weighted by molar-refractivity contribution is 5.94. The highest BCUT2D eigenvalue weighted by Crippen LogP contribution is 2.26. The summed E-state index contributed by atoms with van der Waals surface area (Å²) in [6, 6.07) is 15.4. The van der Waals surface area contributed by atoms with E-state index < -0.39 is 6.10 Å². The summed E-state index contributed by atoms with van der Waals surface area (Å²) in [6.07, 6.45) is 8.35. The first kappa shape index (κ1) is 21.2. The van der Waals surface area contributed by atoms with Crippen molar-refractivity contribution in [3.8, 4) is 11.5 Å². The molecule has 0 saturated heterocycles. The topological polar surface area (TPSA) is 47.6 Å². The largest absolute Gasteiger partial charge is 0.494 e. The zero-order valence-corrected chi connectivity index (χ0v) is 17.7. The van der Waals surface area contributed by atoms with E-state index in [2.05, 4.69) is 12.2 Å². The summed E-state index contributed by atoms with van der Waals surface area (Å²) in [4.78, 5) is 12.4. The van der Waals surface area contributed by atoms with E-state index in [1.807, 2.05) is 48.5 Å². The monoisotopic (exact) mass is 395 g/mol. The van der Waals surface area contributed by atoms with Crippen molar-refractivity contribution in [1.82, 2.24) is 0 Å². The minimum atomic E-state index is -0.575. The van der Waals surface area contributed by atoms with E-state index in [0.29, 0.717) is 5.75 Å². The van der Waals surface area contributed by atoms with Crippen molar-refractivity contribution >= 4 is 11.6 Å². The van der Waals surface area contributed by atoms with Crippen LogP contribution in [0, 0.1) is 5.92 Å². The Bertz CT molecular complexity index is 749. The predicted octanol–water partition coefficient (Wildman–Crippen LogP) is 6.00. The molecule has 1 aliphatic carbocycles. The molecule has 4 nitrogen and oxygen atoms in total. The number of carbonyl (C=O) groups is 1. The van der Waals surface area contributed by atoms with Gasteiger partial charge >= 0.3 is 0 Å². The van der Waals surface area contributed by atoms with E-state index in [4.69, 9.17) is 9.47 Å². The molecule has 1 atom stereocenters. The first-order valence-corrected chi connectivity index (χ1v) is 10.9. The summed E-state index contributed by atoms with van der Waals surface area (Å²) in [5, 5.41) is 2.90. The Morgan fingerprint density at radius 1 is 1.00 bits per heavy atom. The fourth-order valence-electron chi connectivity index (χ4n) is 3.76. The summed E-state index contributed by atoms with van der Waals surface area (Å²) < 4.78 is 11.6. The van der Waals surface area contributed by atoms with Crippen LogP contribution in [-0.4, -0.2) is 18.6 Å². The predicted molar refractivity (Wildman–Crippen MR) is 118 cm³/mol. The summed E-state index contributed by atoms with van der Waals surface area (Å²) in [7, 11) is 0. The molecule has 0 heterocycles. The SMILES string of the molecule is CCc1ccc(OC(C)C(=O)Nc2ccc(OCCC3CCCCC3)cc2)cc1. The number of hydrogen-bond donors (Lipinski definition) is 1. The van der Waals surface area contributed by atoms with Crippen LogP contribution in [0.5, 0.6) is 11.5 Å². The lowest BCUT2D eigenvalue weighted by atomic mass is 9.87. The molecular weight excluding hydrogens is 362 g/mol. The number of carbonyl (C=O) groups excluding carboxylic acids is 1. The summed E-state index contributed by atoms with van der Waals surface area (Å²) >= 11 is 0. The third-order valence-corrected chi connectivity index (χ3v) is 5.66.